The quantitative estimate of drug-likeness (QED) is 0.609. The number of ether oxygens (including phenoxy) is 1. The summed E-state index contributed by atoms with van der Waals surface area (Å²) >= 11 is 0. The van der Waals surface area contributed by atoms with Crippen molar-refractivity contribution in [3.8, 4) is 11.5 Å². The lowest BCUT2D eigenvalue weighted by molar-refractivity contribution is -0.0453. The summed E-state index contributed by atoms with van der Waals surface area (Å²) in [5, 5.41) is 6.66. The smallest absolute Gasteiger partial charge is 0.226 e. The molecule has 2 aliphatic heterocycles. The Hall–Kier alpha value is -2.38. The van der Waals surface area contributed by atoms with Crippen molar-refractivity contribution >= 4 is 5.96 Å². The summed E-state index contributed by atoms with van der Waals surface area (Å²) in [7, 11) is 1.77. The topological polar surface area (TPSA) is 74.9 Å². The largest absolute Gasteiger partial charge is 0.444 e. The van der Waals surface area contributed by atoms with Gasteiger partial charge in [-0.2, -0.15) is 0 Å². The van der Waals surface area contributed by atoms with Crippen LogP contribution in [0.1, 0.15) is 24.1 Å². The van der Waals surface area contributed by atoms with E-state index in [0.717, 1.165) is 36.9 Å². The number of fused-ring (bicyclic) bond motifs is 1. The summed E-state index contributed by atoms with van der Waals surface area (Å²) in [4.78, 5) is 11.4. The van der Waals surface area contributed by atoms with Gasteiger partial charge in [-0.15, -0.1) is 0 Å². The van der Waals surface area contributed by atoms with Gasteiger partial charge in [-0.05, 0) is 38.4 Å². The molecular formula is C21H29N5O2. The number of benzene rings is 1. The second-order valence-corrected chi connectivity index (χ2v) is 7.56. The second-order valence-electron chi connectivity index (χ2n) is 7.56. The van der Waals surface area contributed by atoms with Crippen molar-refractivity contribution in [2.24, 2.45) is 4.99 Å². The van der Waals surface area contributed by atoms with Crippen LogP contribution in [0.3, 0.4) is 0 Å². The summed E-state index contributed by atoms with van der Waals surface area (Å²) < 4.78 is 11.6. The van der Waals surface area contributed by atoms with Crippen molar-refractivity contribution in [1.29, 1.82) is 0 Å². The van der Waals surface area contributed by atoms with E-state index in [1.54, 1.807) is 13.3 Å². The van der Waals surface area contributed by atoms with Gasteiger partial charge in [0.25, 0.3) is 0 Å². The Balaban J connectivity index is 1.25. The van der Waals surface area contributed by atoms with Gasteiger partial charge >= 0.3 is 0 Å². The molecule has 0 saturated carbocycles. The summed E-state index contributed by atoms with van der Waals surface area (Å²) in [5.41, 5.74) is 3.04. The van der Waals surface area contributed by atoms with Gasteiger partial charge < -0.3 is 19.8 Å². The van der Waals surface area contributed by atoms with E-state index < -0.39 is 0 Å². The van der Waals surface area contributed by atoms with E-state index in [4.69, 9.17) is 9.15 Å². The van der Waals surface area contributed by atoms with E-state index in [1.807, 2.05) is 12.1 Å². The first kappa shape index (κ1) is 19.0. The monoisotopic (exact) mass is 383 g/mol. The molecule has 3 heterocycles. The van der Waals surface area contributed by atoms with Crippen molar-refractivity contribution in [3.63, 3.8) is 0 Å². The summed E-state index contributed by atoms with van der Waals surface area (Å²) in [5.74, 6) is 1.38. The maximum atomic E-state index is 6.00. The molecular weight excluding hydrogens is 354 g/mol. The molecule has 2 N–H and O–H groups in total. The van der Waals surface area contributed by atoms with Gasteiger partial charge in [-0.1, -0.05) is 17.7 Å². The molecule has 2 aliphatic rings. The number of aryl methyl sites for hydroxylation is 1. The molecule has 150 valence electrons. The van der Waals surface area contributed by atoms with Gasteiger partial charge in [0.05, 0.1) is 24.9 Å². The molecule has 4 rings (SSSR count). The van der Waals surface area contributed by atoms with Crippen molar-refractivity contribution in [2.45, 2.75) is 38.5 Å². The minimum atomic E-state index is 0.202. The van der Waals surface area contributed by atoms with Gasteiger partial charge in [0, 0.05) is 31.7 Å². The van der Waals surface area contributed by atoms with E-state index in [0.29, 0.717) is 18.5 Å². The lowest BCUT2D eigenvalue weighted by atomic mass is 10.1. The molecule has 0 amide bonds. The van der Waals surface area contributed by atoms with E-state index in [1.165, 1.54) is 24.9 Å². The fourth-order valence-electron chi connectivity index (χ4n) is 3.83. The number of aromatic nitrogens is 1. The third kappa shape index (κ3) is 4.54. The molecule has 2 saturated heterocycles. The van der Waals surface area contributed by atoms with E-state index in [2.05, 4.69) is 44.6 Å². The predicted octanol–water partition coefficient (Wildman–Crippen LogP) is 2.18. The van der Waals surface area contributed by atoms with Crippen LogP contribution in [0.2, 0.25) is 0 Å². The zero-order chi connectivity index (χ0) is 19.3. The maximum Gasteiger partial charge on any atom is 0.226 e. The number of rotatable bonds is 5. The number of guanidine groups is 1. The Kier molecular flexibility index (Phi) is 5.92. The molecule has 7 heteroatoms. The van der Waals surface area contributed by atoms with Gasteiger partial charge in [0.15, 0.2) is 5.96 Å². The van der Waals surface area contributed by atoms with Crippen LogP contribution in [0.25, 0.3) is 11.5 Å². The number of nitrogens with one attached hydrogen (secondary N) is 2. The first-order valence-corrected chi connectivity index (χ1v) is 10.0. The number of oxazole rings is 1. The standard InChI is InChI=1S/C21H29N5O2/c1-15-5-7-16(8-6-15)20-25-17(13-28-20)10-23-21(22-2)24-11-19-12-26-9-3-4-18(26)14-27-19/h5-8,13,18-19H,3-4,9-12,14H2,1-2H3,(H2,22,23,24). The lowest BCUT2D eigenvalue weighted by Gasteiger charge is -2.35. The Morgan fingerprint density at radius 3 is 2.96 bits per heavy atom. The van der Waals surface area contributed by atoms with E-state index in [9.17, 15) is 0 Å². The minimum Gasteiger partial charge on any atom is -0.444 e. The summed E-state index contributed by atoms with van der Waals surface area (Å²) in [6, 6.07) is 8.78. The lowest BCUT2D eigenvalue weighted by Crippen LogP contribution is -2.51. The fraction of sp³-hybridized carbons (Fsp3) is 0.524. The highest BCUT2D eigenvalue weighted by Crippen LogP contribution is 2.22. The third-order valence-electron chi connectivity index (χ3n) is 5.47. The van der Waals surface area contributed by atoms with Crippen LogP contribution in [-0.4, -0.2) is 61.3 Å². The Labute approximate surface area is 166 Å². The Bertz CT molecular complexity index is 801. The number of nitrogens with zero attached hydrogens (tertiary/aromatic N) is 3. The van der Waals surface area contributed by atoms with Crippen LogP contribution in [0, 0.1) is 6.92 Å². The Morgan fingerprint density at radius 2 is 2.14 bits per heavy atom. The Morgan fingerprint density at radius 1 is 1.29 bits per heavy atom. The van der Waals surface area contributed by atoms with Crippen LogP contribution in [-0.2, 0) is 11.3 Å². The molecule has 7 nitrogen and oxygen atoms in total. The number of hydrogen-bond acceptors (Lipinski definition) is 5. The van der Waals surface area contributed by atoms with Crippen LogP contribution in [0.5, 0.6) is 0 Å². The molecule has 0 aliphatic carbocycles. The molecule has 1 aromatic heterocycles. The molecule has 2 fully saturated rings. The van der Waals surface area contributed by atoms with E-state index >= 15 is 0 Å². The predicted molar refractivity (Wildman–Crippen MR) is 109 cm³/mol. The normalized spacial score (nSPS) is 22.9. The summed E-state index contributed by atoms with van der Waals surface area (Å²) in [6.07, 6.45) is 4.45. The van der Waals surface area contributed by atoms with Crippen LogP contribution in [0.15, 0.2) is 39.9 Å². The fourth-order valence-corrected chi connectivity index (χ4v) is 3.83. The van der Waals surface area contributed by atoms with Crippen molar-refractivity contribution in [1.82, 2.24) is 20.5 Å². The molecule has 2 aromatic rings. The number of morpholine rings is 1. The zero-order valence-corrected chi connectivity index (χ0v) is 16.6. The van der Waals surface area contributed by atoms with Crippen molar-refractivity contribution in [3.05, 3.63) is 41.8 Å². The highest BCUT2D eigenvalue weighted by atomic mass is 16.5. The minimum absolute atomic E-state index is 0.202. The molecule has 0 radical (unpaired) electrons. The average Bonchev–Trinajstić information content (AvgIpc) is 3.37. The van der Waals surface area contributed by atoms with Gasteiger partial charge in [0.2, 0.25) is 5.89 Å². The highest BCUT2D eigenvalue weighted by Gasteiger charge is 2.32. The molecule has 28 heavy (non-hydrogen) atoms. The molecule has 1 aromatic carbocycles. The third-order valence-corrected chi connectivity index (χ3v) is 5.47. The zero-order valence-electron chi connectivity index (χ0n) is 16.6. The van der Waals surface area contributed by atoms with Gasteiger partial charge in [-0.25, -0.2) is 4.98 Å². The maximum absolute atomic E-state index is 6.00. The highest BCUT2D eigenvalue weighted by molar-refractivity contribution is 5.79. The average molecular weight is 383 g/mol. The molecule has 0 bridgehead atoms. The molecule has 0 spiro atoms. The first-order valence-electron chi connectivity index (χ1n) is 10.0. The van der Waals surface area contributed by atoms with Crippen molar-refractivity contribution < 1.29 is 9.15 Å². The number of aliphatic imine (C=N–C) groups is 1. The molecule has 2 unspecified atom stereocenters. The summed E-state index contributed by atoms with van der Waals surface area (Å²) in [6.45, 7) is 6.41. The molecule has 2 atom stereocenters. The van der Waals surface area contributed by atoms with Gasteiger partial charge in [-0.3, -0.25) is 9.89 Å². The van der Waals surface area contributed by atoms with E-state index in [-0.39, 0.29) is 6.10 Å². The van der Waals surface area contributed by atoms with Crippen LogP contribution >= 0.6 is 0 Å². The second kappa shape index (κ2) is 8.75. The van der Waals surface area contributed by atoms with Crippen LogP contribution in [0.4, 0.5) is 0 Å². The van der Waals surface area contributed by atoms with Crippen LogP contribution < -0.4 is 10.6 Å². The van der Waals surface area contributed by atoms with Gasteiger partial charge in [0.1, 0.15) is 6.26 Å². The van der Waals surface area contributed by atoms with Crippen molar-refractivity contribution in [2.75, 3.05) is 33.3 Å². The number of hydrogen-bond donors (Lipinski definition) is 2. The SMILES string of the molecule is CN=C(NCc1coc(-c2ccc(C)cc2)n1)NCC1CN2CCCC2CO1. The first-order chi connectivity index (χ1) is 13.7.